The summed E-state index contributed by atoms with van der Waals surface area (Å²) in [5.74, 6) is 1.92. The number of anilines is 2. The van der Waals surface area contributed by atoms with Crippen LogP contribution < -0.4 is 10.2 Å². The molecule has 4 heterocycles. The van der Waals surface area contributed by atoms with Crippen molar-refractivity contribution in [3.05, 3.63) is 36.2 Å². The highest BCUT2D eigenvalue weighted by atomic mass is 16.4. The largest absolute Gasteiger partial charge is 0.465 e. The van der Waals surface area contributed by atoms with Crippen molar-refractivity contribution in [2.24, 2.45) is 5.92 Å². The van der Waals surface area contributed by atoms with Gasteiger partial charge in [0.1, 0.15) is 11.0 Å². The summed E-state index contributed by atoms with van der Waals surface area (Å²) in [4.78, 5) is 24.8. The molecule has 11 heteroatoms. The molecular weight excluding hydrogens is 482 g/mol. The fourth-order valence-corrected chi connectivity index (χ4v) is 5.40. The first kappa shape index (κ1) is 24.4. The second kappa shape index (κ2) is 9.77. The van der Waals surface area contributed by atoms with Gasteiger partial charge in [0.25, 0.3) is 0 Å². The number of piperazine rings is 1. The van der Waals surface area contributed by atoms with Gasteiger partial charge in [-0.05, 0) is 56.7 Å². The predicted molar refractivity (Wildman–Crippen MR) is 147 cm³/mol. The van der Waals surface area contributed by atoms with Crippen molar-refractivity contribution in [1.82, 2.24) is 34.4 Å². The van der Waals surface area contributed by atoms with Crippen molar-refractivity contribution in [2.45, 2.75) is 58.7 Å². The molecule has 0 radical (unpaired) electrons. The molecule has 1 amide bonds. The van der Waals surface area contributed by atoms with Gasteiger partial charge in [-0.3, -0.25) is 9.36 Å². The first-order valence-electron chi connectivity index (χ1n) is 13.7. The van der Waals surface area contributed by atoms with Gasteiger partial charge in [0.15, 0.2) is 5.82 Å². The number of carbonyl (C=O) groups is 1. The van der Waals surface area contributed by atoms with E-state index in [1.807, 2.05) is 21.8 Å². The monoisotopic (exact) mass is 517 g/mol. The Hall–Kier alpha value is -3.89. The normalized spacial score (nSPS) is 17.8. The van der Waals surface area contributed by atoms with Crippen LogP contribution in [0.15, 0.2) is 30.6 Å². The Morgan fingerprint density at radius 2 is 1.89 bits per heavy atom. The van der Waals surface area contributed by atoms with Gasteiger partial charge in [-0.2, -0.15) is 15.2 Å². The fraction of sp³-hybridized carbons (Fsp3) is 0.519. The number of carboxylic acid groups (broad SMARTS) is 1. The molecule has 3 aromatic heterocycles. The van der Waals surface area contributed by atoms with Crippen molar-refractivity contribution < 1.29 is 9.90 Å². The van der Waals surface area contributed by atoms with Gasteiger partial charge in [-0.25, -0.2) is 9.78 Å². The standard InChI is InChI=1S/C27H35N9O2/c1-4-17(3)36-24-21(16-29-36)30-26(33-10-12-34(13-11-33)27(37)38)32-25(24)31-23(18-6-7-18)19-8-9-22-20(14-19)15-28-35(22)5-2/h8-9,14-18,23H,4-7,10-13H2,1-3H3,(H,37,38)(H,30,31,32)/t17-,23?/m0/s1. The molecular formula is C27H35N9O2. The highest BCUT2D eigenvalue weighted by Crippen LogP contribution is 2.44. The summed E-state index contributed by atoms with van der Waals surface area (Å²) in [7, 11) is 0. The minimum atomic E-state index is -0.882. The van der Waals surface area contributed by atoms with Crippen LogP contribution in [0.25, 0.3) is 21.9 Å². The first-order chi connectivity index (χ1) is 18.5. The molecule has 1 saturated heterocycles. The van der Waals surface area contributed by atoms with E-state index in [0.717, 1.165) is 40.7 Å². The molecule has 200 valence electrons. The van der Waals surface area contributed by atoms with Crippen LogP contribution in [0.3, 0.4) is 0 Å². The number of aromatic nitrogens is 6. The maximum absolute atomic E-state index is 11.4. The molecule has 6 rings (SSSR count). The van der Waals surface area contributed by atoms with Gasteiger partial charge < -0.3 is 20.2 Å². The van der Waals surface area contributed by atoms with Crippen LogP contribution in [-0.4, -0.2) is 71.8 Å². The zero-order valence-corrected chi connectivity index (χ0v) is 22.2. The summed E-state index contributed by atoms with van der Waals surface area (Å²) in [6.45, 7) is 9.24. The third kappa shape index (κ3) is 4.39. The van der Waals surface area contributed by atoms with Crippen LogP contribution in [0.5, 0.6) is 0 Å². The van der Waals surface area contributed by atoms with Crippen LogP contribution in [0, 0.1) is 5.92 Å². The highest BCUT2D eigenvalue weighted by molar-refractivity contribution is 5.87. The van der Waals surface area contributed by atoms with Gasteiger partial charge in [-0.1, -0.05) is 13.0 Å². The van der Waals surface area contributed by atoms with Gasteiger partial charge in [0.05, 0.1) is 24.0 Å². The molecule has 1 aliphatic heterocycles. The number of rotatable bonds is 8. The molecule has 1 saturated carbocycles. The third-order valence-corrected chi connectivity index (χ3v) is 7.98. The molecule has 38 heavy (non-hydrogen) atoms. The van der Waals surface area contributed by atoms with E-state index >= 15 is 0 Å². The van der Waals surface area contributed by atoms with Crippen molar-refractivity contribution in [1.29, 1.82) is 0 Å². The molecule has 0 bridgehead atoms. The van der Waals surface area contributed by atoms with Gasteiger partial charge in [-0.15, -0.1) is 0 Å². The number of hydrogen-bond donors (Lipinski definition) is 2. The molecule has 11 nitrogen and oxygen atoms in total. The Morgan fingerprint density at radius 3 is 2.58 bits per heavy atom. The first-order valence-corrected chi connectivity index (χ1v) is 13.7. The number of nitrogens with zero attached hydrogens (tertiary/aromatic N) is 8. The lowest BCUT2D eigenvalue weighted by Gasteiger charge is -2.33. The van der Waals surface area contributed by atoms with E-state index in [-0.39, 0.29) is 12.1 Å². The van der Waals surface area contributed by atoms with Gasteiger partial charge in [0, 0.05) is 44.2 Å². The van der Waals surface area contributed by atoms with E-state index in [1.54, 1.807) is 0 Å². The summed E-state index contributed by atoms with van der Waals surface area (Å²) in [5.41, 5.74) is 4.09. The molecule has 1 aliphatic carbocycles. The van der Waals surface area contributed by atoms with Crippen molar-refractivity contribution in [3.63, 3.8) is 0 Å². The summed E-state index contributed by atoms with van der Waals surface area (Å²) in [5, 5.41) is 23.6. The molecule has 4 aromatic rings. The molecule has 1 unspecified atom stereocenters. The van der Waals surface area contributed by atoms with E-state index < -0.39 is 6.09 Å². The second-order valence-corrected chi connectivity index (χ2v) is 10.4. The summed E-state index contributed by atoms with van der Waals surface area (Å²) >= 11 is 0. The minimum Gasteiger partial charge on any atom is -0.465 e. The third-order valence-electron chi connectivity index (χ3n) is 7.98. The zero-order valence-electron chi connectivity index (χ0n) is 22.2. The number of amides is 1. The average molecular weight is 518 g/mol. The Kier molecular flexibility index (Phi) is 6.29. The molecule has 2 aliphatic rings. The number of aryl methyl sites for hydroxylation is 1. The number of hydrogen-bond acceptors (Lipinski definition) is 7. The predicted octanol–water partition coefficient (Wildman–Crippen LogP) is 4.53. The highest BCUT2D eigenvalue weighted by Gasteiger charge is 2.34. The number of benzene rings is 1. The Labute approximate surface area is 221 Å². The Bertz CT molecular complexity index is 1470. The SMILES string of the molecule is CC[C@H](C)n1ncc2nc(N3CCN(C(=O)O)CC3)nc(NC(c3ccc4c(cnn4CC)c3)C3CC3)c21. The van der Waals surface area contributed by atoms with E-state index in [1.165, 1.54) is 23.3 Å². The van der Waals surface area contributed by atoms with Crippen molar-refractivity contribution in [3.8, 4) is 0 Å². The van der Waals surface area contributed by atoms with Crippen LogP contribution >= 0.6 is 0 Å². The van der Waals surface area contributed by atoms with Crippen LogP contribution in [0.2, 0.25) is 0 Å². The zero-order chi connectivity index (χ0) is 26.4. The molecule has 0 spiro atoms. The van der Waals surface area contributed by atoms with Gasteiger partial charge >= 0.3 is 6.09 Å². The van der Waals surface area contributed by atoms with Crippen LogP contribution in [0.4, 0.5) is 16.6 Å². The van der Waals surface area contributed by atoms with E-state index in [2.05, 4.69) is 54.3 Å². The minimum absolute atomic E-state index is 0.111. The molecule has 2 fully saturated rings. The summed E-state index contributed by atoms with van der Waals surface area (Å²) < 4.78 is 4.05. The number of fused-ring (bicyclic) bond motifs is 2. The maximum atomic E-state index is 11.4. The van der Waals surface area contributed by atoms with E-state index in [0.29, 0.717) is 38.0 Å². The molecule has 2 atom stereocenters. The van der Waals surface area contributed by atoms with Crippen molar-refractivity contribution in [2.75, 3.05) is 36.4 Å². The fourth-order valence-electron chi connectivity index (χ4n) is 5.40. The molecule has 1 aromatic carbocycles. The topological polar surface area (TPSA) is 117 Å². The Balaban J connectivity index is 1.39. The smallest absolute Gasteiger partial charge is 0.407 e. The lowest BCUT2D eigenvalue weighted by atomic mass is 10.0. The number of nitrogens with one attached hydrogen (secondary N) is 1. The van der Waals surface area contributed by atoms with Crippen LogP contribution in [-0.2, 0) is 6.54 Å². The Morgan fingerprint density at radius 1 is 1.11 bits per heavy atom. The second-order valence-electron chi connectivity index (χ2n) is 10.4. The molecule has 2 N–H and O–H groups in total. The summed E-state index contributed by atoms with van der Waals surface area (Å²) in [6.07, 6.45) is 6.18. The maximum Gasteiger partial charge on any atom is 0.407 e. The van der Waals surface area contributed by atoms with E-state index in [9.17, 15) is 9.90 Å². The quantitative estimate of drug-likeness (QED) is 0.350. The van der Waals surface area contributed by atoms with E-state index in [4.69, 9.17) is 15.1 Å². The van der Waals surface area contributed by atoms with Gasteiger partial charge in [0.2, 0.25) is 5.95 Å². The van der Waals surface area contributed by atoms with Crippen LogP contribution in [0.1, 0.15) is 57.7 Å². The van der Waals surface area contributed by atoms with Crippen molar-refractivity contribution >= 4 is 39.8 Å². The lowest BCUT2D eigenvalue weighted by Crippen LogP contribution is -2.48. The summed E-state index contributed by atoms with van der Waals surface area (Å²) in [6, 6.07) is 6.95. The average Bonchev–Trinajstić information content (AvgIpc) is 3.55. The lowest BCUT2D eigenvalue weighted by molar-refractivity contribution is 0.142.